The van der Waals surface area contributed by atoms with Gasteiger partial charge in [-0.05, 0) is 30.9 Å². The highest BCUT2D eigenvalue weighted by atomic mass is 19.1. The van der Waals surface area contributed by atoms with Crippen LogP contribution in [0.4, 0.5) is 4.39 Å². The molecule has 1 heterocycles. The number of carboxylic acids is 1. The Morgan fingerprint density at radius 1 is 1.33 bits per heavy atom. The number of H-pyrrole nitrogens is 1. The maximum atomic E-state index is 12.0. The molecule has 2 rings (SSSR count). The quantitative estimate of drug-likeness (QED) is 0.774. The Kier molecular flexibility index (Phi) is 3.92. The number of benzene rings is 1. The molecule has 4 nitrogen and oxygen atoms in total. The molecule has 0 fully saturated rings. The van der Waals surface area contributed by atoms with Crippen molar-refractivity contribution in [3.8, 4) is 0 Å². The molecule has 0 aliphatic carbocycles. The van der Waals surface area contributed by atoms with E-state index in [9.17, 15) is 9.18 Å². The van der Waals surface area contributed by atoms with Crippen molar-refractivity contribution in [2.45, 2.75) is 25.7 Å². The van der Waals surface area contributed by atoms with Crippen LogP contribution in [0.25, 0.3) is 10.9 Å². The van der Waals surface area contributed by atoms with Gasteiger partial charge < -0.3 is 5.11 Å². The fourth-order valence-electron chi connectivity index (χ4n) is 2.09. The summed E-state index contributed by atoms with van der Waals surface area (Å²) in [6.07, 6.45) is 2.98. The van der Waals surface area contributed by atoms with E-state index in [1.807, 2.05) is 12.1 Å². The predicted octanol–water partition coefficient (Wildman–Crippen LogP) is 2.94. The van der Waals surface area contributed by atoms with E-state index in [1.54, 1.807) is 6.07 Å². The molecular weight excluding hydrogens is 235 g/mol. The number of halogens is 1. The third-order valence-electron chi connectivity index (χ3n) is 2.96. The molecule has 0 saturated carbocycles. The number of rotatable bonds is 6. The maximum Gasteiger partial charge on any atom is 0.357 e. The first-order chi connectivity index (χ1) is 8.74. The van der Waals surface area contributed by atoms with E-state index < -0.39 is 5.97 Å². The van der Waals surface area contributed by atoms with Gasteiger partial charge in [-0.3, -0.25) is 9.49 Å². The highest BCUT2D eigenvalue weighted by Crippen LogP contribution is 2.22. The van der Waals surface area contributed by atoms with Gasteiger partial charge in [0, 0.05) is 5.39 Å². The summed E-state index contributed by atoms with van der Waals surface area (Å²) in [6.45, 7) is -0.295. The van der Waals surface area contributed by atoms with E-state index in [-0.39, 0.29) is 12.4 Å². The van der Waals surface area contributed by atoms with E-state index in [4.69, 9.17) is 5.11 Å². The minimum atomic E-state index is -1.03. The molecule has 0 unspecified atom stereocenters. The molecule has 0 atom stereocenters. The van der Waals surface area contributed by atoms with E-state index in [0.717, 1.165) is 30.3 Å². The Labute approximate surface area is 104 Å². The van der Waals surface area contributed by atoms with Crippen molar-refractivity contribution in [1.29, 1.82) is 0 Å². The number of nitrogens with zero attached hydrogens (tertiary/aromatic N) is 1. The summed E-state index contributed by atoms with van der Waals surface area (Å²) in [5.41, 5.74) is 1.75. The molecule has 1 aromatic heterocycles. The molecule has 0 aliphatic rings. The fourth-order valence-corrected chi connectivity index (χ4v) is 2.09. The van der Waals surface area contributed by atoms with Gasteiger partial charge in [0.1, 0.15) is 0 Å². The Hall–Kier alpha value is -1.91. The van der Waals surface area contributed by atoms with Crippen molar-refractivity contribution >= 4 is 16.9 Å². The van der Waals surface area contributed by atoms with Crippen molar-refractivity contribution in [2.24, 2.45) is 0 Å². The molecule has 5 heteroatoms. The zero-order valence-electron chi connectivity index (χ0n) is 9.95. The predicted molar refractivity (Wildman–Crippen MR) is 66.6 cm³/mol. The van der Waals surface area contributed by atoms with Crippen LogP contribution in [0, 0.1) is 0 Å². The summed E-state index contributed by atoms with van der Waals surface area (Å²) in [6, 6.07) is 5.58. The molecular formula is C13H15FN2O2. The summed E-state index contributed by atoms with van der Waals surface area (Å²) in [7, 11) is 0. The third-order valence-corrected chi connectivity index (χ3v) is 2.96. The largest absolute Gasteiger partial charge is 0.476 e. The molecule has 0 radical (unpaired) electrons. The number of fused-ring (bicyclic) bond motifs is 1. The van der Waals surface area contributed by atoms with E-state index in [2.05, 4.69) is 10.2 Å². The van der Waals surface area contributed by atoms with Crippen molar-refractivity contribution in [1.82, 2.24) is 10.2 Å². The normalized spacial score (nSPS) is 10.9. The molecule has 18 heavy (non-hydrogen) atoms. The van der Waals surface area contributed by atoms with Crippen LogP contribution in [0.1, 0.15) is 35.3 Å². The zero-order chi connectivity index (χ0) is 13.0. The van der Waals surface area contributed by atoms with Crippen LogP contribution in [-0.2, 0) is 6.42 Å². The number of nitrogens with one attached hydrogen (secondary N) is 1. The standard InChI is InChI=1S/C13H15FN2O2/c14-8-3-1-2-5-9-6-4-7-10-11(9)12(13(17)18)16-15-10/h4,6-7H,1-3,5,8H2,(H,15,16)(H,17,18). The van der Waals surface area contributed by atoms with Gasteiger partial charge in [-0.25, -0.2) is 4.79 Å². The molecule has 96 valence electrons. The van der Waals surface area contributed by atoms with Crippen molar-refractivity contribution in [2.75, 3.05) is 6.67 Å². The van der Waals surface area contributed by atoms with Crippen LogP contribution in [0.15, 0.2) is 18.2 Å². The van der Waals surface area contributed by atoms with Crippen LogP contribution in [-0.4, -0.2) is 27.9 Å². The second-order valence-electron chi connectivity index (χ2n) is 4.22. The van der Waals surface area contributed by atoms with Gasteiger partial charge in [0.15, 0.2) is 5.69 Å². The Morgan fingerprint density at radius 3 is 2.89 bits per heavy atom. The first kappa shape index (κ1) is 12.5. The van der Waals surface area contributed by atoms with Crippen LogP contribution in [0.5, 0.6) is 0 Å². The first-order valence-electron chi connectivity index (χ1n) is 5.99. The first-order valence-corrected chi connectivity index (χ1v) is 5.99. The topological polar surface area (TPSA) is 66.0 Å². The molecule has 0 spiro atoms. The molecule has 2 N–H and O–H groups in total. The second kappa shape index (κ2) is 5.62. The van der Waals surface area contributed by atoms with E-state index >= 15 is 0 Å². The molecule has 0 bridgehead atoms. The Balaban J connectivity index is 2.26. The summed E-state index contributed by atoms with van der Waals surface area (Å²) in [5.74, 6) is -1.03. The van der Waals surface area contributed by atoms with Crippen molar-refractivity contribution in [3.05, 3.63) is 29.5 Å². The Morgan fingerprint density at radius 2 is 2.17 bits per heavy atom. The van der Waals surface area contributed by atoms with Gasteiger partial charge in [0.25, 0.3) is 0 Å². The lowest BCUT2D eigenvalue weighted by atomic mass is 10.0. The molecule has 2 aromatic rings. The molecule has 0 aliphatic heterocycles. The molecule has 0 amide bonds. The minimum Gasteiger partial charge on any atom is -0.476 e. The number of aromatic nitrogens is 2. The smallest absolute Gasteiger partial charge is 0.357 e. The average Bonchev–Trinajstić information content (AvgIpc) is 2.79. The van der Waals surface area contributed by atoms with Crippen LogP contribution in [0.3, 0.4) is 0 Å². The van der Waals surface area contributed by atoms with E-state index in [0.29, 0.717) is 11.8 Å². The minimum absolute atomic E-state index is 0.0612. The van der Waals surface area contributed by atoms with Gasteiger partial charge in [0.2, 0.25) is 0 Å². The average molecular weight is 250 g/mol. The lowest BCUT2D eigenvalue weighted by Crippen LogP contribution is -1.99. The second-order valence-corrected chi connectivity index (χ2v) is 4.22. The lowest BCUT2D eigenvalue weighted by Gasteiger charge is -2.03. The SMILES string of the molecule is O=C(O)c1n[nH]c2cccc(CCCCCF)c12. The molecule has 0 saturated heterocycles. The highest BCUT2D eigenvalue weighted by Gasteiger charge is 2.15. The summed E-state index contributed by atoms with van der Waals surface area (Å²) < 4.78 is 12.0. The number of aromatic amines is 1. The van der Waals surface area contributed by atoms with Crippen LogP contribution < -0.4 is 0 Å². The summed E-state index contributed by atoms with van der Waals surface area (Å²) in [5, 5.41) is 16.3. The number of hydrogen-bond acceptors (Lipinski definition) is 2. The van der Waals surface area contributed by atoms with E-state index in [1.165, 1.54) is 0 Å². The van der Waals surface area contributed by atoms with Gasteiger partial charge in [-0.2, -0.15) is 5.10 Å². The van der Waals surface area contributed by atoms with Crippen LogP contribution in [0.2, 0.25) is 0 Å². The maximum absolute atomic E-state index is 12.0. The number of aryl methyl sites for hydroxylation is 1. The molecule has 1 aromatic carbocycles. The van der Waals surface area contributed by atoms with Crippen molar-refractivity contribution < 1.29 is 14.3 Å². The van der Waals surface area contributed by atoms with Crippen LogP contribution >= 0.6 is 0 Å². The van der Waals surface area contributed by atoms with Gasteiger partial charge in [-0.15, -0.1) is 0 Å². The van der Waals surface area contributed by atoms with Gasteiger partial charge in [0.05, 0.1) is 12.2 Å². The monoisotopic (exact) mass is 250 g/mol. The lowest BCUT2D eigenvalue weighted by molar-refractivity contribution is 0.0692. The van der Waals surface area contributed by atoms with Crippen molar-refractivity contribution in [3.63, 3.8) is 0 Å². The highest BCUT2D eigenvalue weighted by molar-refractivity contribution is 6.02. The summed E-state index contributed by atoms with van der Waals surface area (Å²) >= 11 is 0. The fraction of sp³-hybridized carbons (Fsp3) is 0.385. The third kappa shape index (κ3) is 2.50. The van der Waals surface area contributed by atoms with Gasteiger partial charge >= 0.3 is 5.97 Å². The summed E-state index contributed by atoms with van der Waals surface area (Å²) in [4.78, 5) is 11.1. The number of carboxylic acid groups (broad SMARTS) is 1. The van der Waals surface area contributed by atoms with Gasteiger partial charge in [-0.1, -0.05) is 18.6 Å². The number of aromatic carboxylic acids is 1. The number of hydrogen-bond donors (Lipinski definition) is 2. The Bertz CT molecular complexity index is 551. The number of unbranched alkanes of at least 4 members (excludes halogenated alkanes) is 2. The number of alkyl halides is 1. The zero-order valence-corrected chi connectivity index (χ0v) is 9.95. The number of carbonyl (C=O) groups is 1.